The van der Waals surface area contributed by atoms with Gasteiger partial charge in [-0.1, -0.05) is 12.1 Å². The lowest BCUT2D eigenvalue weighted by Crippen LogP contribution is -2.30. The number of ether oxygens (including phenoxy) is 2. The predicted octanol–water partition coefficient (Wildman–Crippen LogP) is 3.79. The van der Waals surface area contributed by atoms with Crippen molar-refractivity contribution in [2.45, 2.75) is 12.7 Å². The molecule has 0 aliphatic rings. The SMILES string of the molecule is COc1cccc(CN(C)CC(=O)Nc2ccc(C(F)(F)F)cc2)c1OC. The highest BCUT2D eigenvalue weighted by Gasteiger charge is 2.30. The predicted molar refractivity (Wildman–Crippen MR) is 96.0 cm³/mol. The lowest BCUT2D eigenvalue weighted by atomic mass is 10.1. The smallest absolute Gasteiger partial charge is 0.416 e. The van der Waals surface area contributed by atoms with Gasteiger partial charge < -0.3 is 14.8 Å². The fourth-order valence-electron chi connectivity index (χ4n) is 2.61. The second-order valence-corrected chi connectivity index (χ2v) is 5.95. The van der Waals surface area contributed by atoms with Crippen molar-refractivity contribution in [2.24, 2.45) is 0 Å². The first-order valence-corrected chi connectivity index (χ1v) is 8.10. The molecular formula is C19H21F3N2O3. The summed E-state index contributed by atoms with van der Waals surface area (Å²) in [6.45, 7) is 0.488. The first kappa shape index (κ1) is 20.6. The van der Waals surface area contributed by atoms with Crippen molar-refractivity contribution in [2.75, 3.05) is 33.1 Å². The van der Waals surface area contributed by atoms with E-state index in [1.165, 1.54) is 12.1 Å². The number of likely N-dealkylation sites (N-methyl/N-ethyl adjacent to an activating group) is 1. The molecule has 8 heteroatoms. The summed E-state index contributed by atoms with van der Waals surface area (Å²) in [6, 6.07) is 9.79. The molecule has 146 valence electrons. The molecule has 0 spiro atoms. The molecule has 0 fully saturated rings. The molecule has 5 nitrogen and oxygen atoms in total. The molecule has 2 rings (SSSR count). The molecule has 0 unspecified atom stereocenters. The van der Waals surface area contributed by atoms with E-state index in [1.54, 1.807) is 32.2 Å². The number of alkyl halides is 3. The van der Waals surface area contributed by atoms with Gasteiger partial charge in [-0.05, 0) is 37.4 Å². The molecule has 0 saturated carbocycles. The molecule has 2 aromatic rings. The Bertz CT molecular complexity index is 777. The molecule has 0 radical (unpaired) electrons. The van der Waals surface area contributed by atoms with Gasteiger partial charge in [-0.25, -0.2) is 0 Å². The van der Waals surface area contributed by atoms with Crippen LogP contribution in [0.5, 0.6) is 11.5 Å². The molecule has 0 heterocycles. The van der Waals surface area contributed by atoms with Gasteiger partial charge in [0.05, 0.1) is 26.3 Å². The normalized spacial score (nSPS) is 11.4. The number of halogens is 3. The van der Waals surface area contributed by atoms with E-state index in [0.717, 1.165) is 17.7 Å². The lowest BCUT2D eigenvalue weighted by Gasteiger charge is -2.19. The number of benzene rings is 2. The Labute approximate surface area is 155 Å². The topological polar surface area (TPSA) is 50.8 Å². The Morgan fingerprint density at radius 3 is 2.30 bits per heavy atom. The molecule has 2 aromatic carbocycles. The highest BCUT2D eigenvalue weighted by molar-refractivity contribution is 5.92. The molecule has 0 aliphatic carbocycles. The van der Waals surface area contributed by atoms with E-state index in [9.17, 15) is 18.0 Å². The molecule has 0 bridgehead atoms. The van der Waals surface area contributed by atoms with Crippen LogP contribution in [0.25, 0.3) is 0 Å². The number of rotatable bonds is 7. The van der Waals surface area contributed by atoms with Crippen molar-refractivity contribution in [1.29, 1.82) is 0 Å². The minimum Gasteiger partial charge on any atom is -0.493 e. The Hall–Kier alpha value is -2.74. The van der Waals surface area contributed by atoms with Crippen LogP contribution in [0.3, 0.4) is 0 Å². The van der Waals surface area contributed by atoms with Crippen LogP contribution in [0.4, 0.5) is 18.9 Å². The van der Waals surface area contributed by atoms with Gasteiger partial charge in [0.15, 0.2) is 11.5 Å². The van der Waals surface area contributed by atoms with E-state index in [4.69, 9.17) is 9.47 Å². The third-order valence-corrected chi connectivity index (χ3v) is 3.83. The summed E-state index contributed by atoms with van der Waals surface area (Å²) >= 11 is 0. The maximum absolute atomic E-state index is 12.6. The zero-order valence-electron chi connectivity index (χ0n) is 15.3. The minimum absolute atomic E-state index is 0.0569. The van der Waals surface area contributed by atoms with E-state index in [1.807, 2.05) is 12.1 Å². The number of para-hydroxylation sites is 1. The van der Waals surface area contributed by atoms with Gasteiger partial charge in [0.1, 0.15) is 0 Å². The van der Waals surface area contributed by atoms with Crippen molar-refractivity contribution in [3.63, 3.8) is 0 Å². The molecule has 1 N–H and O–H groups in total. The van der Waals surface area contributed by atoms with Gasteiger partial charge >= 0.3 is 6.18 Å². The molecular weight excluding hydrogens is 361 g/mol. The summed E-state index contributed by atoms with van der Waals surface area (Å²) in [4.78, 5) is 13.9. The largest absolute Gasteiger partial charge is 0.493 e. The summed E-state index contributed by atoms with van der Waals surface area (Å²) in [5.74, 6) is 0.853. The summed E-state index contributed by atoms with van der Waals surface area (Å²) < 4.78 is 48.3. The lowest BCUT2D eigenvalue weighted by molar-refractivity contribution is -0.137. The van der Waals surface area contributed by atoms with Gasteiger partial charge in [-0.3, -0.25) is 9.69 Å². The number of hydrogen-bond donors (Lipinski definition) is 1. The molecule has 0 atom stereocenters. The number of hydrogen-bond acceptors (Lipinski definition) is 4. The van der Waals surface area contributed by atoms with Crippen LogP contribution >= 0.6 is 0 Å². The minimum atomic E-state index is -4.40. The zero-order chi connectivity index (χ0) is 20.0. The third kappa shape index (κ3) is 5.62. The highest BCUT2D eigenvalue weighted by Crippen LogP contribution is 2.31. The van der Waals surface area contributed by atoms with Crippen molar-refractivity contribution in [3.8, 4) is 11.5 Å². The van der Waals surface area contributed by atoms with E-state index in [2.05, 4.69) is 5.32 Å². The molecule has 0 saturated heterocycles. The van der Waals surface area contributed by atoms with Crippen LogP contribution < -0.4 is 14.8 Å². The Morgan fingerprint density at radius 2 is 1.74 bits per heavy atom. The Balaban J connectivity index is 1.96. The molecule has 0 aromatic heterocycles. The van der Waals surface area contributed by atoms with E-state index < -0.39 is 11.7 Å². The Kier molecular flexibility index (Phi) is 6.68. The van der Waals surface area contributed by atoms with Crippen LogP contribution in [-0.4, -0.2) is 38.6 Å². The fourth-order valence-corrected chi connectivity index (χ4v) is 2.61. The second-order valence-electron chi connectivity index (χ2n) is 5.95. The van der Waals surface area contributed by atoms with Gasteiger partial charge in [0.2, 0.25) is 5.91 Å². The maximum atomic E-state index is 12.6. The number of anilines is 1. The summed E-state index contributed by atoms with van der Waals surface area (Å²) in [7, 11) is 4.84. The standard InChI is InChI=1S/C19H21F3N2O3/c1-24(11-13-5-4-6-16(26-2)18(13)27-3)12-17(25)23-15-9-7-14(8-10-15)19(20,21)22/h4-10H,11-12H2,1-3H3,(H,23,25). The zero-order valence-corrected chi connectivity index (χ0v) is 15.3. The second kappa shape index (κ2) is 8.77. The van der Waals surface area contributed by atoms with E-state index in [0.29, 0.717) is 23.7 Å². The number of methoxy groups -OCH3 is 2. The van der Waals surface area contributed by atoms with Gasteiger partial charge in [0, 0.05) is 17.8 Å². The van der Waals surface area contributed by atoms with Gasteiger partial charge in [-0.2, -0.15) is 13.2 Å². The van der Waals surface area contributed by atoms with E-state index in [-0.39, 0.29) is 12.5 Å². The van der Waals surface area contributed by atoms with E-state index >= 15 is 0 Å². The molecule has 0 aliphatic heterocycles. The van der Waals surface area contributed by atoms with Crippen LogP contribution in [0.2, 0.25) is 0 Å². The van der Waals surface area contributed by atoms with Crippen LogP contribution in [-0.2, 0) is 17.5 Å². The van der Waals surface area contributed by atoms with Crippen molar-refractivity contribution >= 4 is 11.6 Å². The number of nitrogens with zero attached hydrogens (tertiary/aromatic N) is 1. The average molecular weight is 382 g/mol. The van der Waals surface area contributed by atoms with Crippen LogP contribution in [0.1, 0.15) is 11.1 Å². The molecule has 1 amide bonds. The number of carbonyl (C=O) groups is 1. The average Bonchev–Trinajstić information content (AvgIpc) is 2.60. The third-order valence-electron chi connectivity index (χ3n) is 3.83. The van der Waals surface area contributed by atoms with Crippen LogP contribution in [0.15, 0.2) is 42.5 Å². The Morgan fingerprint density at radius 1 is 1.07 bits per heavy atom. The maximum Gasteiger partial charge on any atom is 0.416 e. The van der Waals surface area contributed by atoms with Gasteiger partial charge in [0.25, 0.3) is 0 Å². The van der Waals surface area contributed by atoms with Crippen LogP contribution in [0, 0.1) is 0 Å². The molecule has 27 heavy (non-hydrogen) atoms. The highest BCUT2D eigenvalue weighted by atomic mass is 19.4. The number of nitrogens with one attached hydrogen (secondary N) is 1. The first-order chi connectivity index (χ1) is 12.7. The summed E-state index contributed by atoms with van der Waals surface area (Å²) in [5, 5.41) is 2.58. The summed E-state index contributed by atoms with van der Waals surface area (Å²) in [5.41, 5.74) is 0.393. The first-order valence-electron chi connectivity index (χ1n) is 8.10. The van der Waals surface area contributed by atoms with Crippen molar-refractivity contribution in [1.82, 2.24) is 4.90 Å². The fraction of sp³-hybridized carbons (Fsp3) is 0.316. The van der Waals surface area contributed by atoms with Crippen molar-refractivity contribution < 1.29 is 27.4 Å². The number of carbonyl (C=O) groups excluding carboxylic acids is 1. The van der Waals surface area contributed by atoms with Gasteiger partial charge in [-0.15, -0.1) is 0 Å². The van der Waals surface area contributed by atoms with Crippen molar-refractivity contribution in [3.05, 3.63) is 53.6 Å². The summed E-state index contributed by atoms with van der Waals surface area (Å²) in [6.07, 6.45) is -4.40. The number of amides is 1. The quantitative estimate of drug-likeness (QED) is 0.792. The monoisotopic (exact) mass is 382 g/mol.